The van der Waals surface area contributed by atoms with E-state index in [1.165, 1.54) is 0 Å². The summed E-state index contributed by atoms with van der Waals surface area (Å²) in [6.45, 7) is 2.04. The lowest BCUT2D eigenvalue weighted by Gasteiger charge is -2.23. The minimum absolute atomic E-state index is 0. The van der Waals surface area contributed by atoms with E-state index in [2.05, 4.69) is 15.3 Å². The van der Waals surface area contributed by atoms with Crippen molar-refractivity contribution in [1.82, 2.24) is 15.3 Å². The number of nitrogens with zero attached hydrogens (tertiary/aromatic N) is 2. The molecule has 0 bridgehead atoms. The fourth-order valence-corrected chi connectivity index (χ4v) is 2.08. The highest BCUT2D eigenvalue weighted by Gasteiger charge is 2.15. The Balaban J connectivity index is 0.00000120. The van der Waals surface area contributed by atoms with E-state index in [1.807, 2.05) is 24.3 Å². The molecule has 0 aliphatic carbocycles. The summed E-state index contributed by atoms with van der Waals surface area (Å²) in [5.74, 6) is 0.635. The summed E-state index contributed by atoms with van der Waals surface area (Å²) in [7, 11) is 0. The molecule has 0 unspecified atom stereocenters. The number of ether oxygens (including phenoxy) is 1. The zero-order valence-electron chi connectivity index (χ0n) is 10.0. The van der Waals surface area contributed by atoms with Gasteiger partial charge in [-0.05, 0) is 38.1 Å². The van der Waals surface area contributed by atoms with Gasteiger partial charge >= 0.3 is 0 Å². The van der Waals surface area contributed by atoms with E-state index in [4.69, 9.17) is 4.74 Å². The molecular formula is C13H16ClN3O. The molecule has 1 aliphatic heterocycles. The number of piperidine rings is 1. The van der Waals surface area contributed by atoms with Crippen LogP contribution in [0.1, 0.15) is 12.8 Å². The summed E-state index contributed by atoms with van der Waals surface area (Å²) in [5.41, 5.74) is 1.80. The van der Waals surface area contributed by atoms with Gasteiger partial charge in [-0.3, -0.25) is 0 Å². The summed E-state index contributed by atoms with van der Waals surface area (Å²) >= 11 is 0. The molecule has 18 heavy (non-hydrogen) atoms. The zero-order valence-corrected chi connectivity index (χ0v) is 10.8. The number of aromatic nitrogens is 2. The Morgan fingerprint density at radius 1 is 1.11 bits per heavy atom. The van der Waals surface area contributed by atoms with Crippen molar-refractivity contribution in [2.45, 2.75) is 18.9 Å². The molecule has 0 spiro atoms. The van der Waals surface area contributed by atoms with Gasteiger partial charge in [-0.1, -0.05) is 12.1 Å². The highest BCUT2D eigenvalue weighted by atomic mass is 35.5. The van der Waals surface area contributed by atoms with Gasteiger partial charge in [0.25, 0.3) is 0 Å². The van der Waals surface area contributed by atoms with Crippen LogP contribution >= 0.6 is 12.4 Å². The summed E-state index contributed by atoms with van der Waals surface area (Å²) < 4.78 is 5.85. The topological polar surface area (TPSA) is 47.0 Å². The van der Waals surface area contributed by atoms with E-state index in [-0.39, 0.29) is 18.5 Å². The quantitative estimate of drug-likeness (QED) is 0.904. The van der Waals surface area contributed by atoms with E-state index < -0.39 is 0 Å². The van der Waals surface area contributed by atoms with Crippen molar-refractivity contribution in [2.75, 3.05) is 13.1 Å². The molecular weight excluding hydrogens is 250 g/mol. The first-order chi connectivity index (χ1) is 8.42. The molecule has 0 saturated carbocycles. The molecule has 1 saturated heterocycles. The average molecular weight is 266 g/mol. The normalized spacial score (nSPS) is 16.2. The second-order valence-corrected chi connectivity index (χ2v) is 4.26. The van der Waals surface area contributed by atoms with Crippen LogP contribution in [0.5, 0.6) is 5.88 Å². The Morgan fingerprint density at radius 2 is 1.83 bits per heavy atom. The lowest BCUT2D eigenvalue weighted by Crippen LogP contribution is -2.34. The molecule has 1 fully saturated rings. The standard InChI is InChI=1S/C13H15N3O.ClH/c1-2-4-12-11(3-1)15-9-13(16-12)17-10-5-7-14-8-6-10;/h1-4,9-10,14H,5-8H2;1H. The van der Waals surface area contributed by atoms with Crippen LogP contribution in [-0.2, 0) is 0 Å². The van der Waals surface area contributed by atoms with Crippen molar-refractivity contribution in [1.29, 1.82) is 0 Å². The average Bonchev–Trinajstić information content (AvgIpc) is 2.40. The third kappa shape index (κ3) is 2.89. The van der Waals surface area contributed by atoms with Crippen LogP contribution in [0.25, 0.3) is 11.0 Å². The molecule has 4 nitrogen and oxygen atoms in total. The highest BCUT2D eigenvalue weighted by molar-refractivity contribution is 5.85. The maximum Gasteiger partial charge on any atom is 0.233 e. The molecule has 3 rings (SSSR count). The molecule has 2 aromatic rings. The predicted octanol–water partition coefficient (Wildman–Crippen LogP) is 2.18. The number of hydrogen-bond donors (Lipinski definition) is 1. The number of nitrogens with one attached hydrogen (secondary N) is 1. The number of benzene rings is 1. The van der Waals surface area contributed by atoms with Crippen molar-refractivity contribution < 1.29 is 4.74 Å². The van der Waals surface area contributed by atoms with Gasteiger partial charge in [0, 0.05) is 0 Å². The summed E-state index contributed by atoms with van der Waals surface area (Å²) in [5, 5.41) is 3.31. The molecule has 1 aromatic heterocycles. The monoisotopic (exact) mass is 265 g/mol. The third-order valence-electron chi connectivity index (χ3n) is 3.00. The lowest BCUT2D eigenvalue weighted by molar-refractivity contribution is 0.156. The summed E-state index contributed by atoms with van der Waals surface area (Å²) in [4.78, 5) is 8.81. The molecule has 5 heteroatoms. The van der Waals surface area contributed by atoms with Gasteiger partial charge in [-0.15, -0.1) is 12.4 Å². The van der Waals surface area contributed by atoms with E-state index in [9.17, 15) is 0 Å². The van der Waals surface area contributed by atoms with Crippen molar-refractivity contribution in [3.8, 4) is 5.88 Å². The van der Waals surface area contributed by atoms with E-state index in [0.29, 0.717) is 5.88 Å². The first kappa shape index (κ1) is 13.1. The maximum atomic E-state index is 5.85. The van der Waals surface area contributed by atoms with Gasteiger partial charge in [0.2, 0.25) is 5.88 Å². The highest BCUT2D eigenvalue weighted by Crippen LogP contribution is 2.16. The van der Waals surface area contributed by atoms with Gasteiger partial charge in [0.1, 0.15) is 6.10 Å². The number of hydrogen-bond acceptors (Lipinski definition) is 4. The molecule has 1 N–H and O–H groups in total. The van der Waals surface area contributed by atoms with Gasteiger partial charge in [0.05, 0.1) is 17.2 Å². The fourth-order valence-electron chi connectivity index (χ4n) is 2.08. The fraction of sp³-hybridized carbons (Fsp3) is 0.385. The second-order valence-electron chi connectivity index (χ2n) is 4.26. The Labute approximate surface area is 112 Å². The molecule has 2 heterocycles. The first-order valence-corrected chi connectivity index (χ1v) is 6.01. The van der Waals surface area contributed by atoms with E-state index in [1.54, 1.807) is 6.20 Å². The molecule has 0 atom stereocenters. The van der Waals surface area contributed by atoms with E-state index >= 15 is 0 Å². The minimum atomic E-state index is 0. The number of para-hydroxylation sites is 2. The van der Waals surface area contributed by atoms with Crippen molar-refractivity contribution in [3.05, 3.63) is 30.5 Å². The predicted molar refractivity (Wildman–Crippen MR) is 73.3 cm³/mol. The van der Waals surface area contributed by atoms with Gasteiger partial charge in [-0.25, -0.2) is 9.97 Å². The maximum absolute atomic E-state index is 5.85. The smallest absolute Gasteiger partial charge is 0.233 e. The molecule has 0 radical (unpaired) electrons. The van der Waals surface area contributed by atoms with Crippen LogP contribution < -0.4 is 10.1 Å². The van der Waals surface area contributed by atoms with Gasteiger partial charge in [0.15, 0.2) is 0 Å². The minimum Gasteiger partial charge on any atom is -0.473 e. The first-order valence-electron chi connectivity index (χ1n) is 6.01. The molecule has 0 amide bonds. The van der Waals surface area contributed by atoms with Crippen molar-refractivity contribution in [3.63, 3.8) is 0 Å². The van der Waals surface area contributed by atoms with Gasteiger partial charge in [-0.2, -0.15) is 0 Å². The van der Waals surface area contributed by atoms with Crippen LogP contribution in [0.3, 0.4) is 0 Å². The zero-order chi connectivity index (χ0) is 11.5. The van der Waals surface area contributed by atoms with Crippen molar-refractivity contribution in [2.24, 2.45) is 0 Å². The molecule has 96 valence electrons. The van der Waals surface area contributed by atoms with Crippen molar-refractivity contribution >= 4 is 23.4 Å². The number of rotatable bonds is 2. The Bertz CT molecular complexity index is 514. The number of halogens is 1. The van der Waals surface area contributed by atoms with Crippen LogP contribution in [0.15, 0.2) is 30.5 Å². The summed E-state index contributed by atoms with van der Waals surface area (Å²) in [6, 6.07) is 7.84. The van der Waals surface area contributed by atoms with Crippen LogP contribution in [0, 0.1) is 0 Å². The largest absolute Gasteiger partial charge is 0.473 e. The van der Waals surface area contributed by atoms with Crippen LogP contribution in [0.2, 0.25) is 0 Å². The van der Waals surface area contributed by atoms with Crippen LogP contribution in [-0.4, -0.2) is 29.2 Å². The Kier molecular flexibility index (Phi) is 4.33. The lowest BCUT2D eigenvalue weighted by atomic mass is 10.1. The van der Waals surface area contributed by atoms with Crippen LogP contribution in [0.4, 0.5) is 0 Å². The summed E-state index contributed by atoms with van der Waals surface area (Å²) in [6.07, 6.45) is 4.06. The SMILES string of the molecule is Cl.c1ccc2nc(OC3CCNCC3)cnc2c1. The Hall–Kier alpha value is -1.39. The molecule has 1 aliphatic rings. The van der Waals surface area contributed by atoms with Gasteiger partial charge < -0.3 is 10.1 Å². The Morgan fingerprint density at radius 3 is 2.61 bits per heavy atom. The second kappa shape index (κ2) is 5.98. The number of fused-ring (bicyclic) bond motifs is 1. The van der Waals surface area contributed by atoms with E-state index in [0.717, 1.165) is 37.0 Å². The third-order valence-corrected chi connectivity index (χ3v) is 3.00. The molecule has 1 aromatic carbocycles.